The molecule has 1 amide bonds. The van der Waals surface area contributed by atoms with Gasteiger partial charge in [0.05, 0.1) is 0 Å². The lowest BCUT2D eigenvalue weighted by Gasteiger charge is -2.28. The maximum absolute atomic E-state index is 12.3. The van der Waals surface area contributed by atoms with Crippen LogP contribution >= 0.6 is 0 Å². The van der Waals surface area contributed by atoms with Gasteiger partial charge in [-0.3, -0.25) is 4.79 Å². The highest BCUT2D eigenvalue weighted by molar-refractivity contribution is 7.90. The summed E-state index contributed by atoms with van der Waals surface area (Å²) in [5.74, 6) is -0.0112. The molecule has 22 heavy (non-hydrogen) atoms. The van der Waals surface area contributed by atoms with Crippen molar-refractivity contribution in [3.63, 3.8) is 0 Å². The fourth-order valence-electron chi connectivity index (χ4n) is 3.53. The molecule has 0 spiro atoms. The molecule has 2 aliphatic rings. The maximum Gasteiger partial charge on any atom is 0.239 e. The van der Waals surface area contributed by atoms with Crippen LogP contribution in [0, 0.1) is 5.92 Å². The second-order valence-corrected chi connectivity index (χ2v) is 8.53. The van der Waals surface area contributed by atoms with Crippen LogP contribution in [0.2, 0.25) is 0 Å². The van der Waals surface area contributed by atoms with Crippen LogP contribution < -0.4 is 10.0 Å². The number of nitrogens with zero attached hydrogens (tertiary/aromatic N) is 1. The first-order valence-corrected chi connectivity index (χ1v) is 10.0. The van der Waals surface area contributed by atoms with Crippen molar-refractivity contribution in [2.75, 3.05) is 25.9 Å². The van der Waals surface area contributed by atoms with Crippen LogP contribution in [-0.2, 0) is 14.8 Å². The molecule has 0 aromatic heterocycles. The van der Waals surface area contributed by atoms with Crippen molar-refractivity contribution >= 4 is 15.9 Å². The summed E-state index contributed by atoms with van der Waals surface area (Å²) in [5, 5.41) is 3.07. The summed E-state index contributed by atoms with van der Waals surface area (Å²) in [4.78, 5) is 14.0. The lowest BCUT2D eigenvalue weighted by molar-refractivity contribution is -0.129. The zero-order valence-corrected chi connectivity index (χ0v) is 14.5. The minimum absolute atomic E-state index is 0.000633. The Bertz CT molecular complexity index is 472. The van der Waals surface area contributed by atoms with Crippen LogP contribution in [-0.4, -0.2) is 57.2 Å². The van der Waals surface area contributed by atoms with E-state index in [1.54, 1.807) is 4.90 Å². The molecule has 1 saturated carbocycles. The van der Waals surface area contributed by atoms with E-state index in [4.69, 9.17) is 0 Å². The SMILES string of the molecule is CNCC1CCCN1C(=O)CS(=O)(=O)NC1CCC(C)CC1. The molecule has 0 aromatic carbocycles. The van der Waals surface area contributed by atoms with Crippen LogP contribution in [0.3, 0.4) is 0 Å². The van der Waals surface area contributed by atoms with Gasteiger partial charge in [-0.15, -0.1) is 0 Å². The zero-order chi connectivity index (χ0) is 16.2. The summed E-state index contributed by atoms with van der Waals surface area (Å²) in [5.41, 5.74) is 0. The Morgan fingerprint density at radius 1 is 1.18 bits per heavy atom. The van der Waals surface area contributed by atoms with Gasteiger partial charge in [0.2, 0.25) is 15.9 Å². The third-order valence-electron chi connectivity index (χ3n) is 4.81. The average Bonchev–Trinajstić information content (AvgIpc) is 2.89. The largest absolute Gasteiger partial charge is 0.338 e. The minimum Gasteiger partial charge on any atom is -0.338 e. The molecule has 2 rings (SSSR count). The smallest absolute Gasteiger partial charge is 0.239 e. The van der Waals surface area contributed by atoms with Crippen molar-refractivity contribution in [3.8, 4) is 0 Å². The zero-order valence-electron chi connectivity index (χ0n) is 13.7. The predicted octanol–water partition coefficient (Wildman–Crippen LogP) is 0.695. The number of hydrogen-bond donors (Lipinski definition) is 2. The van der Waals surface area contributed by atoms with E-state index in [0.717, 1.165) is 45.1 Å². The number of likely N-dealkylation sites (N-methyl/N-ethyl adjacent to an activating group) is 1. The Hall–Kier alpha value is -0.660. The van der Waals surface area contributed by atoms with E-state index >= 15 is 0 Å². The Balaban J connectivity index is 1.86. The summed E-state index contributed by atoms with van der Waals surface area (Å²) in [6.45, 7) is 3.59. The van der Waals surface area contributed by atoms with Gasteiger partial charge in [0.15, 0.2) is 0 Å². The van der Waals surface area contributed by atoms with E-state index < -0.39 is 15.8 Å². The molecule has 1 heterocycles. The fourth-order valence-corrected chi connectivity index (χ4v) is 4.85. The summed E-state index contributed by atoms with van der Waals surface area (Å²) in [6.07, 6.45) is 5.75. The number of hydrogen-bond acceptors (Lipinski definition) is 4. The molecule has 6 nitrogen and oxygen atoms in total. The van der Waals surface area contributed by atoms with Crippen molar-refractivity contribution in [1.82, 2.24) is 14.9 Å². The monoisotopic (exact) mass is 331 g/mol. The van der Waals surface area contributed by atoms with Crippen molar-refractivity contribution < 1.29 is 13.2 Å². The highest BCUT2D eigenvalue weighted by Gasteiger charge is 2.32. The third kappa shape index (κ3) is 4.93. The number of sulfonamides is 1. The highest BCUT2D eigenvalue weighted by atomic mass is 32.2. The molecule has 2 fully saturated rings. The Morgan fingerprint density at radius 3 is 2.50 bits per heavy atom. The molecule has 1 atom stereocenters. The number of carbonyl (C=O) groups excluding carboxylic acids is 1. The standard InChI is InChI=1S/C15H29N3O3S/c1-12-5-7-13(8-6-12)17-22(20,21)11-15(19)18-9-3-4-14(18)10-16-2/h12-14,16-17H,3-11H2,1-2H3. The second-order valence-electron chi connectivity index (χ2n) is 6.77. The fraction of sp³-hybridized carbons (Fsp3) is 0.933. The van der Waals surface area contributed by atoms with Crippen LogP contribution in [0.15, 0.2) is 0 Å². The minimum atomic E-state index is -3.54. The number of nitrogens with one attached hydrogen (secondary N) is 2. The van der Waals surface area contributed by atoms with Gasteiger partial charge in [0.1, 0.15) is 5.75 Å². The van der Waals surface area contributed by atoms with Crippen LogP contribution in [0.5, 0.6) is 0 Å². The highest BCUT2D eigenvalue weighted by Crippen LogP contribution is 2.24. The molecule has 0 aromatic rings. The van der Waals surface area contributed by atoms with Crippen LogP contribution in [0.4, 0.5) is 0 Å². The lowest BCUT2D eigenvalue weighted by Crippen LogP contribution is -2.46. The molecule has 7 heteroatoms. The first kappa shape index (κ1) is 17.7. The first-order valence-electron chi connectivity index (χ1n) is 8.35. The van der Waals surface area contributed by atoms with E-state index in [2.05, 4.69) is 17.0 Å². The van der Waals surface area contributed by atoms with E-state index in [1.807, 2.05) is 7.05 Å². The first-order chi connectivity index (χ1) is 10.4. The van der Waals surface area contributed by atoms with E-state index in [0.29, 0.717) is 12.5 Å². The second kappa shape index (κ2) is 7.75. The molecule has 128 valence electrons. The van der Waals surface area contributed by atoms with Crippen molar-refractivity contribution in [3.05, 3.63) is 0 Å². The molecular formula is C15H29N3O3S. The molecule has 1 unspecified atom stereocenters. The van der Waals surface area contributed by atoms with Crippen molar-refractivity contribution in [1.29, 1.82) is 0 Å². The molecule has 2 N–H and O–H groups in total. The third-order valence-corrected chi connectivity index (χ3v) is 6.13. The molecule has 1 aliphatic heterocycles. The molecule has 0 bridgehead atoms. The van der Waals surface area contributed by atoms with E-state index in [-0.39, 0.29) is 18.0 Å². The van der Waals surface area contributed by atoms with Crippen LogP contribution in [0.1, 0.15) is 45.4 Å². The van der Waals surface area contributed by atoms with E-state index in [1.165, 1.54) is 0 Å². The van der Waals surface area contributed by atoms with Gasteiger partial charge < -0.3 is 10.2 Å². The normalized spacial score (nSPS) is 29.7. The summed E-state index contributed by atoms with van der Waals surface area (Å²) in [6, 6.07) is 0.129. The Morgan fingerprint density at radius 2 is 1.86 bits per heavy atom. The molecule has 1 aliphatic carbocycles. The van der Waals surface area contributed by atoms with Gasteiger partial charge in [-0.25, -0.2) is 13.1 Å². The van der Waals surface area contributed by atoms with Gasteiger partial charge in [-0.2, -0.15) is 0 Å². The summed E-state index contributed by atoms with van der Waals surface area (Å²) in [7, 11) is -1.68. The summed E-state index contributed by atoms with van der Waals surface area (Å²) >= 11 is 0. The van der Waals surface area contributed by atoms with Crippen molar-refractivity contribution in [2.45, 2.75) is 57.5 Å². The average molecular weight is 331 g/mol. The van der Waals surface area contributed by atoms with Gasteiger partial charge >= 0.3 is 0 Å². The number of likely N-dealkylation sites (tertiary alicyclic amines) is 1. The van der Waals surface area contributed by atoms with Crippen molar-refractivity contribution in [2.24, 2.45) is 5.92 Å². The summed E-state index contributed by atoms with van der Waals surface area (Å²) < 4.78 is 27.2. The maximum atomic E-state index is 12.3. The molecule has 0 radical (unpaired) electrons. The Kier molecular flexibility index (Phi) is 6.23. The van der Waals surface area contributed by atoms with Gasteiger partial charge in [-0.1, -0.05) is 6.92 Å². The lowest BCUT2D eigenvalue weighted by atomic mass is 9.88. The van der Waals surface area contributed by atoms with E-state index in [9.17, 15) is 13.2 Å². The Labute approximate surface area is 134 Å². The number of carbonyl (C=O) groups is 1. The topological polar surface area (TPSA) is 78.5 Å². The number of rotatable bonds is 6. The molecular weight excluding hydrogens is 302 g/mol. The van der Waals surface area contributed by atoms with Gasteiger partial charge in [0.25, 0.3) is 0 Å². The van der Waals surface area contributed by atoms with Gasteiger partial charge in [-0.05, 0) is 51.5 Å². The van der Waals surface area contributed by atoms with Crippen LogP contribution in [0.25, 0.3) is 0 Å². The molecule has 1 saturated heterocycles. The number of amides is 1. The quantitative estimate of drug-likeness (QED) is 0.751. The predicted molar refractivity (Wildman–Crippen MR) is 87.0 cm³/mol. The van der Waals surface area contributed by atoms with Gasteiger partial charge in [0, 0.05) is 25.2 Å².